The normalized spacial score (nSPS) is 14.8. The lowest BCUT2D eigenvalue weighted by molar-refractivity contribution is 0.245. The summed E-state index contributed by atoms with van der Waals surface area (Å²) in [5.41, 5.74) is 2.45. The summed E-state index contributed by atoms with van der Waals surface area (Å²) in [5, 5.41) is 2.44. The molecule has 2 heterocycles. The summed E-state index contributed by atoms with van der Waals surface area (Å²) in [7, 11) is -7.20. The van der Waals surface area contributed by atoms with Gasteiger partial charge in [-0.1, -0.05) is 12.1 Å². The molecule has 1 aliphatic heterocycles. The molecule has 2 aromatic carbocycles. The van der Waals surface area contributed by atoms with E-state index in [1.807, 2.05) is 30.3 Å². The number of nitrogens with one attached hydrogen (secondary N) is 1. The van der Waals surface area contributed by atoms with Gasteiger partial charge in [-0.05, 0) is 71.7 Å². The van der Waals surface area contributed by atoms with Gasteiger partial charge in [-0.2, -0.15) is 0 Å². The van der Waals surface area contributed by atoms with Gasteiger partial charge in [0.05, 0.1) is 32.8 Å². The van der Waals surface area contributed by atoms with Crippen molar-refractivity contribution in [1.82, 2.24) is 3.71 Å². The number of amides is 2. The van der Waals surface area contributed by atoms with Gasteiger partial charge in [-0.25, -0.2) is 21.6 Å². The van der Waals surface area contributed by atoms with Crippen LogP contribution in [0.2, 0.25) is 0 Å². The summed E-state index contributed by atoms with van der Waals surface area (Å²) in [5.74, 6) is 0.126. The largest absolute Gasteiger partial charge is 0.496 e. The molecule has 0 fully saturated rings. The first-order valence-electron chi connectivity index (χ1n) is 10.8. The van der Waals surface area contributed by atoms with Gasteiger partial charge >= 0.3 is 6.03 Å². The van der Waals surface area contributed by atoms with Crippen LogP contribution in [0.5, 0.6) is 11.5 Å². The summed E-state index contributed by atoms with van der Waals surface area (Å²) >= 11 is 4.96. The molecule has 13 heteroatoms. The van der Waals surface area contributed by atoms with Crippen molar-refractivity contribution in [1.29, 1.82) is 0 Å². The molecule has 0 aliphatic carbocycles. The number of methoxy groups -OCH3 is 1. The Morgan fingerprint density at radius 2 is 1.78 bits per heavy atom. The maximum Gasteiger partial charge on any atom is 0.349 e. The monoisotopic (exact) mass is 614 g/mol. The number of hydrogen-bond acceptors (Lipinski definition) is 8. The Kier molecular flexibility index (Phi) is 7.37. The molecule has 192 valence electrons. The third kappa shape index (κ3) is 4.84. The Bertz CT molecular complexity index is 1500. The molecule has 4 rings (SSSR count). The number of anilines is 1. The number of hydrogen-bond donors (Lipinski definition) is 1. The van der Waals surface area contributed by atoms with Crippen LogP contribution in [-0.4, -0.2) is 45.2 Å². The number of nitrogens with zero attached hydrogens (tertiary/aromatic N) is 1. The van der Waals surface area contributed by atoms with Crippen LogP contribution in [-0.2, 0) is 20.0 Å². The molecule has 0 bridgehead atoms. The van der Waals surface area contributed by atoms with E-state index in [-0.39, 0.29) is 9.40 Å². The van der Waals surface area contributed by atoms with Gasteiger partial charge in [0, 0.05) is 11.3 Å². The van der Waals surface area contributed by atoms with Crippen LogP contribution in [0.1, 0.15) is 30.4 Å². The first-order chi connectivity index (χ1) is 17.0. The molecule has 1 unspecified atom stereocenters. The molecule has 0 radical (unpaired) electrons. The smallest absolute Gasteiger partial charge is 0.349 e. The zero-order valence-corrected chi connectivity index (χ0v) is 23.6. The number of ether oxygens (including phenoxy) is 2. The second kappa shape index (κ2) is 10.0. The fraction of sp³-hybridized carbons (Fsp3) is 0.261. The topological polar surface area (TPSA) is 119 Å². The van der Waals surface area contributed by atoms with E-state index in [4.69, 9.17) is 9.47 Å². The molecule has 1 aliphatic rings. The van der Waals surface area contributed by atoms with E-state index in [0.29, 0.717) is 17.1 Å². The Morgan fingerprint density at radius 1 is 1.08 bits per heavy atom. The molecule has 0 saturated heterocycles. The Hall–Kier alpha value is -2.61. The summed E-state index contributed by atoms with van der Waals surface area (Å²) in [6, 6.07) is 13.0. The standard InChI is InChI=1S/C23H23BrN2O7S3/c1-4-35(28,29)26(36(30,31)5-2)23(27)25-14-9-10-15-16(13-14)22(19-11-12-20(24)34-19)33-18-8-6-7-17(32-3)21(15)18/h6-13,22H,4-5H2,1-3H3,(H,25,27). The lowest BCUT2D eigenvalue weighted by atomic mass is 9.91. The molecule has 1 aromatic heterocycles. The van der Waals surface area contributed by atoms with Crippen molar-refractivity contribution >= 4 is 59.0 Å². The van der Waals surface area contributed by atoms with Crippen molar-refractivity contribution in [3.05, 3.63) is 62.8 Å². The summed E-state index contributed by atoms with van der Waals surface area (Å²) < 4.78 is 62.6. The van der Waals surface area contributed by atoms with E-state index < -0.39 is 43.7 Å². The van der Waals surface area contributed by atoms with Gasteiger partial charge in [0.2, 0.25) is 0 Å². The number of carbonyl (C=O) groups is 1. The highest BCUT2D eigenvalue weighted by atomic mass is 79.9. The van der Waals surface area contributed by atoms with E-state index in [2.05, 4.69) is 21.2 Å². The number of sulfonamides is 2. The Morgan fingerprint density at radius 3 is 2.36 bits per heavy atom. The number of thiophene rings is 1. The zero-order chi connectivity index (χ0) is 26.3. The van der Waals surface area contributed by atoms with E-state index in [1.54, 1.807) is 25.3 Å². The maximum absolute atomic E-state index is 12.9. The molecular weight excluding hydrogens is 592 g/mol. The lowest BCUT2D eigenvalue weighted by Gasteiger charge is -2.30. The van der Waals surface area contributed by atoms with Crippen molar-refractivity contribution in [3.63, 3.8) is 0 Å². The Labute approximate surface area is 222 Å². The highest BCUT2D eigenvalue weighted by Gasteiger charge is 2.37. The van der Waals surface area contributed by atoms with Crippen LogP contribution >= 0.6 is 27.3 Å². The summed E-state index contributed by atoms with van der Waals surface area (Å²) in [6.07, 6.45) is -0.525. The van der Waals surface area contributed by atoms with E-state index >= 15 is 0 Å². The molecule has 0 spiro atoms. The van der Waals surface area contributed by atoms with E-state index in [0.717, 1.165) is 19.8 Å². The molecule has 3 aromatic rings. The van der Waals surface area contributed by atoms with Crippen LogP contribution in [0.25, 0.3) is 11.1 Å². The number of urea groups is 1. The molecule has 36 heavy (non-hydrogen) atoms. The van der Waals surface area contributed by atoms with Crippen LogP contribution in [0, 0.1) is 0 Å². The molecular formula is C23H23BrN2O7S3. The molecule has 0 saturated carbocycles. The molecule has 2 amide bonds. The second-order valence-corrected chi connectivity index (χ2v) is 14.6. The first kappa shape index (κ1) is 26.5. The molecule has 9 nitrogen and oxygen atoms in total. The third-order valence-corrected chi connectivity index (χ3v) is 11.4. The molecule has 1 N–H and O–H groups in total. The number of fused-ring (bicyclic) bond motifs is 3. The van der Waals surface area contributed by atoms with Gasteiger partial charge in [0.1, 0.15) is 11.5 Å². The van der Waals surface area contributed by atoms with Crippen molar-refractivity contribution in [2.24, 2.45) is 0 Å². The van der Waals surface area contributed by atoms with Crippen LogP contribution in [0.4, 0.5) is 10.5 Å². The number of rotatable bonds is 7. The Balaban J connectivity index is 1.81. The minimum atomic E-state index is -4.38. The lowest BCUT2D eigenvalue weighted by Crippen LogP contribution is -2.45. The van der Waals surface area contributed by atoms with Crippen molar-refractivity contribution in [2.75, 3.05) is 23.9 Å². The van der Waals surface area contributed by atoms with Gasteiger partial charge in [-0.3, -0.25) is 0 Å². The maximum atomic E-state index is 12.9. The van der Waals surface area contributed by atoms with E-state index in [1.165, 1.54) is 25.2 Å². The predicted octanol–water partition coefficient (Wildman–Crippen LogP) is 5.20. The molecule has 1 atom stereocenters. The quantitative estimate of drug-likeness (QED) is 0.388. The van der Waals surface area contributed by atoms with Crippen LogP contribution < -0.4 is 14.8 Å². The van der Waals surface area contributed by atoms with Crippen molar-refractivity contribution < 1.29 is 31.1 Å². The number of halogens is 1. The minimum absolute atomic E-state index is 0.0673. The highest BCUT2D eigenvalue weighted by molar-refractivity contribution is 9.11. The van der Waals surface area contributed by atoms with E-state index in [9.17, 15) is 21.6 Å². The minimum Gasteiger partial charge on any atom is -0.496 e. The van der Waals surface area contributed by atoms with Crippen molar-refractivity contribution in [2.45, 2.75) is 20.0 Å². The summed E-state index contributed by atoms with van der Waals surface area (Å²) in [6.45, 7) is 2.54. The highest BCUT2D eigenvalue weighted by Crippen LogP contribution is 2.50. The fourth-order valence-corrected chi connectivity index (χ4v) is 8.38. The average Bonchev–Trinajstić information content (AvgIpc) is 3.28. The third-order valence-electron chi connectivity index (χ3n) is 5.56. The zero-order valence-electron chi connectivity index (χ0n) is 19.5. The van der Waals surface area contributed by atoms with Gasteiger partial charge < -0.3 is 14.8 Å². The van der Waals surface area contributed by atoms with Gasteiger partial charge in [-0.15, -0.1) is 15.0 Å². The first-order valence-corrected chi connectivity index (χ1v) is 15.6. The van der Waals surface area contributed by atoms with Gasteiger partial charge in [0.15, 0.2) is 6.10 Å². The van der Waals surface area contributed by atoms with Crippen LogP contribution in [0.3, 0.4) is 0 Å². The summed E-state index contributed by atoms with van der Waals surface area (Å²) in [4.78, 5) is 13.8. The van der Waals surface area contributed by atoms with Crippen LogP contribution in [0.15, 0.2) is 52.3 Å². The number of carbonyl (C=O) groups excluding carboxylic acids is 1. The SMILES string of the molecule is CCS(=O)(=O)N(C(=O)Nc1ccc2c(c1)C(c1ccc(Br)s1)Oc1cccc(OC)c1-2)S(=O)(=O)CC. The van der Waals surface area contributed by atoms with Gasteiger partial charge in [0.25, 0.3) is 20.0 Å². The fourth-order valence-electron chi connectivity index (χ4n) is 3.83. The second-order valence-electron chi connectivity index (χ2n) is 7.70. The average molecular weight is 616 g/mol. The van der Waals surface area contributed by atoms with Crippen molar-refractivity contribution in [3.8, 4) is 22.6 Å². The predicted molar refractivity (Wildman–Crippen MR) is 143 cm³/mol. The number of benzene rings is 2.